The molecule has 3 aromatic rings. The molecule has 0 saturated heterocycles. The predicted molar refractivity (Wildman–Crippen MR) is 99.5 cm³/mol. The summed E-state index contributed by atoms with van der Waals surface area (Å²) < 4.78 is 42.4. The van der Waals surface area contributed by atoms with E-state index >= 15 is 0 Å². The zero-order valence-corrected chi connectivity index (χ0v) is 15.8. The molecule has 0 bridgehead atoms. The Morgan fingerprint density at radius 1 is 1.11 bits per heavy atom. The maximum absolute atomic E-state index is 13.1. The van der Waals surface area contributed by atoms with E-state index < -0.39 is 15.7 Å². The van der Waals surface area contributed by atoms with Gasteiger partial charge in [-0.2, -0.15) is 0 Å². The van der Waals surface area contributed by atoms with Gasteiger partial charge in [-0.3, -0.25) is 4.57 Å². The van der Waals surface area contributed by atoms with Crippen LogP contribution in [-0.4, -0.2) is 29.3 Å². The number of sulfonamides is 1. The number of benzene rings is 2. The summed E-state index contributed by atoms with van der Waals surface area (Å²) in [6.45, 7) is 0.0193. The van der Waals surface area contributed by atoms with Crippen LogP contribution in [0.1, 0.15) is 0 Å². The van der Waals surface area contributed by atoms with Crippen molar-refractivity contribution in [1.29, 1.82) is 0 Å². The van der Waals surface area contributed by atoms with E-state index in [1.165, 1.54) is 53.1 Å². The first kappa shape index (κ1) is 19.3. The molecule has 0 unspecified atom stereocenters. The number of nitrogens with zero attached hydrogens (tertiary/aromatic N) is 3. The van der Waals surface area contributed by atoms with Gasteiger partial charge in [-0.1, -0.05) is 11.6 Å². The van der Waals surface area contributed by atoms with Gasteiger partial charge in [0.2, 0.25) is 10.0 Å². The summed E-state index contributed by atoms with van der Waals surface area (Å²) in [4.78, 5) is 12.4. The Morgan fingerprint density at radius 2 is 1.74 bits per heavy atom. The molecule has 2 aromatic carbocycles. The molecule has 27 heavy (non-hydrogen) atoms. The molecule has 1 aromatic heterocycles. The van der Waals surface area contributed by atoms with Crippen molar-refractivity contribution in [2.45, 2.75) is 11.4 Å². The van der Waals surface area contributed by atoms with Gasteiger partial charge in [-0.15, -0.1) is 5.10 Å². The third-order valence-electron chi connectivity index (χ3n) is 3.88. The van der Waals surface area contributed by atoms with Crippen LogP contribution >= 0.6 is 11.6 Å². The van der Waals surface area contributed by atoms with E-state index in [1.54, 1.807) is 7.05 Å². The van der Waals surface area contributed by atoms with E-state index in [9.17, 15) is 17.6 Å². The monoisotopic (exact) mass is 410 g/mol. The number of hydrogen-bond acceptors (Lipinski definition) is 4. The van der Waals surface area contributed by atoms with Gasteiger partial charge in [-0.25, -0.2) is 27.0 Å². The summed E-state index contributed by atoms with van der Waals surface area (Å²) in [5.74, 6) is -0.0275. The summed E-state index contributed by atoms with van der Waals surface area (Å²) in [6, 6.07) is 11.3. The number of hydrogen-bond donors (Lipinski definition) is 1. The van der Waals surface area contributed by atoms with Crippen molar-refractivity contribution in [3.8, 4) is 11.4 Å². The number of nitrogens with one attached hydrogen (secondary N) is 1. The topological polar surface area (TPSA) is 86.0 Å². The average molecular weight is 411 g/mol. The Balaban J connectivity index is 1.73. The minimum atomic E-state index is -3.72. The van der Waals surface area contributed by atoms with E-state index in [0.717, 1.165) is 4.68 Å². The standard InChI is InChI=1S/C17H16ClFN4O3S/c1-22-16(12-2-6-14(19)7-3-12)21-23(17(22)24)11-10-20-27(25,26)15-8-4-13(18)5-9-15/h2-9,20H,10-11H2,1H3. The fourth-order valence-corrected chi connectivity index (χ4v) is 3.61. The molecule has 0 saturated carbocycles. The Kier molecular flexibility index (Phi) is 5.45. The molecule has 1 N–H and O–H groups in total. The molecule has 7 nitrogen and oxygen atoms in total. The van der Waals surface area contributed by atoms with Crippen LogP contribution in [0.15, 0.2) is 58.2 Å². The largest absolute Gasteiger partial charge is 0.345 e. The molecule has 0 aliphatic heterocycles. The van der Waals surface area contributed by atoms with E-state index in [1.807, 2.05) is 0 Å². The lowest BCUT2D eigenvalue weighted by Gasteiger charge is -2.06. The van der Waals surface area contributed by atoms with Crippen LogP contribution < -0.4 is 10.4 Å². The Hall–Kier alpha value is -2.49. The van der Waals surface area contributed by atoms with Crippen molar-refractivity contribution < 1.29 is 12.8 Å². The van der Waals surface area contributed by atoms with Crippen LogP contribution in [0.25, 0.3) is 11.4 Å². The minimum Gasteiger partial charge on any atom is -0.278 e. The molecular formula is C17H16ClFN4O3S. The van der Waals surface area contributed by atoms with E-state index in [-0.39, 0.29) is 23.8 Å². The second kappa shape index (κ2) is 7.63. The summed E-state index contributed by atoms with van der Waals surface area (Å²) >= 11 is 5.76. The van der Waals surface area contributed by atoms with Crippen LogP contribution in [0.4, 0.5) is 4.39 Å². The highest BCUT2D eigenvalue weighted by Gasteiger charge is 2.15. The highest BCUT2D eigenvalue weighted by molar-refractivity contribution is 7.89. The Labute approximate surface area is 160 Å². The lowest BCUT2D eigenvalue weighted by Crippen LogP contribution is -2.31. The van der Waals surface area contributed by atoms with Gasteiger partial charge in [0.15, 0.2) is 5.82 Å². The molecule has 0 aliphatic carbocycles. The quantitative estimate of drug-likeness (QED) is 0.673. The van der Waals surface area contributed by atoms with Gasteiger partial charge in [0.25, 0.3) is 0 Å². The van der Waals surface area contributed by atoms with Crippen LogP contribution in [0.2, 0.25) is 5.02 Å². The van der Waals surface area contributed by atoms with Crippen LogP contribution in [0, 0.1) is 5.82 Å². The van der Waals surface area contributed by atoms with Crippen molar-refractivity contribution in [3.63, 3.8) is 0 Å². The molecule has 142 valence electrons. The highest BCUT2D eigenvalue weighted by atomic mass is 35.5. The van der Waals surface area contributed by atoms with Crippen molar-refractivity contribution in [2.75, 3.05) is 6.54 Å². The van der Waals surface area contributed by atoms with Gasteiger partial charge >= 0.3 is 5.69 Å². The lowest BCUT2D eigenvalue weighted by molar-refractivity contribution is 0.551. The first-order valence-electron chi connectivity index (χ1n) is 7.93. The third-order valence-corrected chi connectivity index (χ3v) is 5.61. The zero-order chi connectivity index (χ0) is 19.6. The summed E-state index contributed by atoms with van der Waals surface area (Å²) in [6.07, 6.45) is 0. The van der Waals surface area contributed by atoms with Crippen molar-refractivity contribution in [3.05, 3.63) is 69.9 Å². The van der Waals surface area contributed by atoms with Gasteiger partial charge in [0, 0.05) is 24.2 Å². The molecule has 0 amide bonds. The van der Waals surface area contributed by atoms with Gasteiger partial charge in [0.1, 0.15) is 5.82 Å². The van der Waals surface area contributed by atoms with Crippen molar-refractivity contribution in [1.82, 2.24) is 19.1 Å². The molecule has 1 heterocycles. The van der Waals surface area contributed by atoms with E-state index in [2.05, 4.69) is 9.82 Å². The lowest BCUT2D eigenvalue weighted by atomic mass is 10.2. The third kappa shape index (κ3) is 4.26. The maximum atomic E-state index is 13.1. The SMILES string of the molecule is Cn1c(-c2ccc(F)cc2)nn(CCNS(=O)(=O)c2ccc(Cl)cc2)c1=O. The first-order valence-corrected chi connectivity index (χ1v) is 9.79. The number of rotatable bonds is 6. The molecule has 0 radical (unpaired) electrons. The normalized spacial score (nSPS) is 11.7. The number of aromatic nitrogens is 3. The second-order valence-electron chi connectivity index (χ2n) is 5.75. The predicted octanol–water partition coefficient (Wildman–Crippen LogP) is 2.02. The van der Waals surface area contributed by atoms with Crippen LogP contribution in [0.3, 0.4) is 0 Å². The molecule has 10 heteroatoms. The number of halogens is 2. The van der Waals surface area contributed by atoms with Gasteiger partial charge in [-0.05, 0) is 48.5 Å². The van der Waals surface area contributed by atoms with Gasteiger partial charge < -0.3 is 0 Å². The zero-order valence-electron chi connectivity index (χ0n) is 14.3. The molecule has 0 spiro atoms. The van der Waals surface area contributed by atoms with Crippen molar-refractivity contribution in [2.24, 2.45) is 7.05 Å². The van der Waals surface area contributed by atoms with Crippen molar-refractivity contribution >= 4 is 21.6 Å². The highest BCUT2D eigenvalue weighted by Crippen LogP contribution is 2.16. The van der Waals surface area contributed by atoms with Gasteiger partial charge in [0.05, 0.1) is 11.4 Å². The summed E-state index contributed by atoms with van der Waals surface area (Å²) in [5, 5.41) is 4.64. The minimum absolute atomic E-state index is 0.0231. The Bertz CT molecular complexity index is 1110. The molecular weight excluding hydrogens is 395 g/mol. The van der Waals surface area contributed by atoms with E-state index in [0.29, 0.717) is 16.4 Å². The van der Waals surface area contributed by atoms with Crippen LogP contribution in [-0.2, 0) is 23.6 Å². The molecule has 3 rings (SSSR count). The summed E-state index contributed by atoms with van der Waals surface area (Å²) in [7, 11) is -2.18. The first-order chi connectivity index (χ1) is 12.8. The fraction of sp³-hybridized carbons (Fsp3) is 0.176. The molecule has 0 fully saturated rings. The maximum Gasteiger partial charge on any atom is 0.345 e. The molecule has 0 aliphatic rings. The smallest absolute Gasteiger partial charge is 0.278 e. The second-order valence-corrected chi connectivity index (χ2v) is 7.95. The summed E-state index contributed by atoms with van der Waals surface area (Å²) in [5.41, 5.74) is 0.177. The fourth-order valence-electron chi connectivity index (χ4n) is 2.47. The van der Waals surface area contributed by atoms with Crippen LogP contribution in [0.5, 0.6) is 0 Å². The van der Waals surface area contributed by atoms with E-state index in [4.69, 9.17) is 11.6 Å². The molecule has 0 atom stereocenters. The average Bonchev–Trinajstić information content (AvgIpc) is 2.91. The Morgan fingerprint density at radius 3 is 2.37 bits per heavy atom.